The number of imidazole rings is 1. The van der Waals surface area contributed by atoms with Crippen molar-refractivity contribution in [3.05, 3.63) is 47.5 Å². The highest BCUT2D eigenvalue weighted by Gasteiger charge is 2.28. The Labute approximate surface area is 175 Å². The maximum Gasteiger partial charge on any atom is 0.287 e. The van der Waals surface area contributed by atoms with Crippen molar-refractivity contribution in [3.63, 3.8) is 0 Å². The van der Waals surface area contributed by atoms with Crippen LogP contribution in [0.1, 0.15) is 39.1 Å². The lowest BCUT2D eigenvalue weighted by atomic mass is 10.1. The molecule has 0 spiro atoms. The Morgan fingerprint density at radius 2 is 2.07 bits per heavy atom. The Hall–Kier alpha value is -2.91. The summed E-state index contributed by atoms with van der Waals surface area (Å²) in [6.07, 6.45) is 2.52. The lowest BCUT2D eigenvalue weighted by Gasteiger charge is -2.26. The van der Waals surface area contributed by atoms with E-state index in [0.717, 1.165) is 50.6 Å². The molecule has 1 unspecified atom stereocenters. The van der Waals surface area contributed by atoms with Gasteiger partial charge >= 0.3 is 0 Å². The largest absolute Gasteiger partial charge is 0.497 e. The van der Waals surface area contributed by atoms with E-state index in [2.05, 4.69) is 20.5 Å². The molecular formula is C21H27N5O4. The molecule has 2 aliphatic heterocycles. The molecule has 9 nitrogen and oxygen atoms in total. The SMILES string of the molecule is COc1ccc(C2Cn3cc(C(=O)NCCCN4CCOCC4)nc3C(=O)N2)cc1. The summed E-state index contributed by atoms with van der Waals surface area (Å²) in [5.41, 5.74) is 1.24. The second-order valence-corrected chi connectivity index (χ2v) is 7.46. The van der Waals surface area contributed by atoms with Crippen LogP contribution in [0, 0.1) is 0 Å². The topological polar surface area (TPSA) is 97.7 Å². The number of hydrogen-bond donors (Lipinski definition) is 2. The summed E-state index contributed by atoms with van der Waals surface area (Å²) in [5.74, 6) is 0.483. The molecule has 1 atom stereocenters. The number of hydrogen-bond acceptors (Lipinski definition) is 6. The van der Waals surface area contributed by atoms with E-state index in [1.807, 2.05) is 24.3 Å². The van der Waals surface area contributed by atoms with E-state index >= 15 is 0 Å². The van der Waals surface area contributed by atoms with Gasteiger partial charge in [0, 0.05) is 32.4 Å². The third-order valence-electron chi connectivity index (χ3n) is 5.46. The van der Waals surface area contributed by atoms with Crippen molar-refractivity contribution < 1.29 is 19.1 Å². The first kappa shape index (κ1) is 20.4. The molecule has 30 heavy (non-hydrogen) atoms. The first-order valence-corrected chi connectivity index (χ1v) is 10.2. The van der Waals surface area contributed by atoms with Crippen molar-refractivity contribution in [2.24, 2.45) is 0 Å². The Bertz CT molecular complexity index is 889. The molecule has 3 heterocycles. The second kappa shape index (κ2) is 9.27. The molecule has 2 N–H and O–H groups in total. The van der Waals surface area contributed by atoms with Crippen molar-refractivity contribution >= 4 is 11.8 Å². The van der Waals surface area contributed by atoms with E-state index in [0.29, 0.717) is 13.1 Å². The third kappa shape index (κ3) is 4.63. The van der Waals surface area contributed by atoms with Crippen LogP contribution in [-0.4, -0.2) is 72.8 Å². The highest BCUT2D eigenvalue weighted by Crippen LogP contribution is 2.23. The van der Waals surface area contributed by atoms with Crippen LogP contribution >= 0.6 is 0 Å². The highest BCUT2D eigenvalue weighted by molar-refractivity contribution is 5.96. The maximum absolute atomic E-state index is 12.5. The van der Waals surface area contributed by atoms with E-state index in [4.69, 9.17) is 9.47 Å². The molecule has 4 rings (SSSR count). The van der Waals surface area contributed by atoms with E-state index in [9.17, 15) is 9.59 Å². The molecule has 2 aliphatic rings. The summed E-state index contributed by atoms with van der Waals surface area (Å²) < 4.78 is 12.3. The van der Waals surface area contributed by atoms with Crippen molar-refractivity contribution in [3.8, 4) is 5.75 Å². The smallest absolute Gasteiger partial charge is 0.287 e. The van der Waals surface area contributed by atoms with Gasteiger partial charge in [0.15, 0.2) is 5.82 Å². The predicted molar refractivity (Wildman–Crippen MR) is 110 cm³/mol. The van der Waals surface area contributed by atoms with Gasteiger partial charge in [0.25, 0.3) is 11.8 Å². The monoisotopic (exact) mass is 413 g/mol. The fourth-order valence-corrected chi connectivity index (χ4v) is 3.76. The molecule has 0 aliphatic carbocycles. The van der Waals surface area contributed by atoms with Gasteiger partial charge in [0.1, 0.15) is 11.4 Å². The second-order valence-electron chi connectivity index (χ2n) is 7.46. The van der Waals surface area contributed by atoms with Crippen LogP contribution in [0.25, 0.3) is 0 Å². The van der Waals surface area contributed by atoms with E-state index < -0.39 is 0 Å². The Balaban J connectivity index is 1.33. The Kier molecular flexibility index (Phi) is 6.29. The number of methoxy groups -OCH3 is 1. The van der Waals surface area contributed by atoms with Gasteiger partial charge in [0.2, 0.25) is 0 Å². The summed E-state index contributed by atoms with van der Waals surface area (Å²) in [6.45, 7) is 5.43. The standard InChI is InChI=1S/C21H27N5O4/c1-29-16-5-3-15(4-6-16)17-13-26-14-18(23-19(26)21(28)24-17)20(27)22-7-2-8-25-9-11-30-12-10-25/h3-6,14,17H,2,7-13H2,1H3,(H,22,27)(H,24,28). The van der Waals surface area contributed by atoms with E-state index in [1.165, 1.54) is 0 Å². The minimum Gasteiger partial charge on any atom is -0.497 e. The van der Waals surface area contributed by atoms with Crippen LogP contribution in [0.3, 0.4) is 0 Å². The zero-order chi connectivity index (χ0) is 20.9. The zero-order valence-electron chi connectivity index (χ0n) is 17.1. The maximum atomic E-state index is 12.5. The molecule has 160 valence electrons. The zero-order valence-corrected chi connectivity index (χ0v) is 17.1. The number of rotatable bonds is 7. The lowest BCUT2D eigenvalue weighted by Crippen LogP contribution is -2.38. The summed E-state index contributed by atoms with van der Waals surface area (Å²) in [6, 6.07) is 7.39. The number of nitrogens with zero attached hydrogens (tertiary/aromatic N) is 3. The predicted octanol–water partition coefficient (Wildman–Crippen LogP) is 0.829. The summed E-state index contributed by atoms with van der Waals surface area (Å²) in [7, 11) is 1.62. The van der Waals surface area contributed by atoms with Crippen LogP contribution in [0.5, 0.6) is 5.75 Å². The minimum absolute atomic E-state index is 0.186. The van der Waals surface area contributed by atoms with Gasteiger partial charge in [-0.15, -0.1) is 0 Å². The number of fused-ring (bicyclic) bond motifs is 1. The van der Waals surface area contributed by atoms with Crippen LogP contribution in [-0.2, 0) is 11.3 Å². The number of benzene rings is 1. The van der Waals surface area contributed by atoms with Crippen LogP contribution in [0.2, 0.25) is 0 Å². The van der Waals surface area contributed by atoms with Crippen molar-refractivity contribution in [1.82, 2.24) is 25.1 Å². The summed E-state index contributed by atoms with van der Waals surface area (Å²) in [5, 5.41) is 5.86. The summed E-state index contributed by atoms with van der Waals surface area (Å²) in [4.78, 5) is 31.5. The molecular weight excluding hydrogens is 386 g/mol. The molecule has 1 fully saturated rings. The van der Waals surface area contributed by atoms with Gasteiger partial charge in [-0.05, 0) is 30.7 Å². The van der Waals surface area contributed by atoms with Crippen LogP contribution in [0.15, 0.2) is 30.5 Å². The first-order valence-electron chi connectivity index (χ1n) is 10.2. The molecule has 0 radical (unpaired) electrons. The minimum atomic E-state index is -0.284. The van der Waals surface area contributed by atoms with Crippen LogP contribution < -0.4 is 15.4 Å². The molecule has 9 heteroatoms. The van der Waals surface area contributed by atoms with Gasteiger partial charge in [-0.2, -0.15) is 0 Å². The number of amides is 2. The molecule has 0 saturated carbocycles. The van der Waals surface area contributed by atoms with E-state index in [1.54, 1.807) is 17.9 Å². The van der Waals surface area contributed by atoms with Crippen LogP contribution in [0.4, 0.5) is 0 Å². The third-order valence-corrected chi connectivity index (χ3v) is 5.46. The number of nitrogens with one attached hydrogen (secondary N) is 2. The summed E-state index contributed by atoms with van der Waals surface area (Å²) >= 11 is 0. The Morgan fingerprint density at radius 1 is 1.30 bits per heavy atom. The van der Waals surface area contributed by atoms with Gasteiger partial charge in [-0.1, -0.05) is 12.1 Å². The molecule has 1 aromatic carbocycles. The fourth-order valence-electron chi connectivity index (χ4n) is 3.76. The average molecular weight is 413 g/mol. The molecule has 1 aromatic heterocycles. The van der Waals surface area contributed by atoms with E-state index in [-0.39, 0.29) is 29.4 Å². The number of morpholine rings is 1. The normalized spacial score (nSPS) is 19.1. The van der Waals surface area contributed by atoms with Gasteiger partial charge in [-0.25, -0.2) is 4.98 Å². The average Bonchev–Trinajstić information content (AvgIpc) is 3.22. The number of carbonyl (C=O) groups is 2. The molecule has 2 aromatic rings. The Morgan fingerprint density at radius 3 is 2.80 bits per heavy atom. The van der Waals surface area contributed by atoms with Crippen molar-refractivity contribution in [1.29, 1.82) is 0 Å². The van der Waals surface area contributed by atoms with Crippen molar-refractivity contribution in [2.45, 2.75) is 19.0 Å². The first-order chi connectivity index (χ1) is 14.6. The number of aromatic nitrogens is 2. The van der Waals surface area contributed by atoms with Crippen molar-refractivity contribution in [2.75, 3.05) is 46.5 Å². The van der Waals surface area contributed by atoms with Gasteiger partial charge in [0.05, 0.1) is 26.4 Å². The van der Waals surface area contributed by atoms with Gasteiger partial charge < -0.3 is 24.7 Å². The van der Waals surface area contributed by atoms with Gasteiger partial charge in [-0.3, -0.25) is 14.5 Å². The highest BCUT2D eigenvalue weighted by atomic mass is 16.5. The molecule has 2 amide bonds. The lowest BCUT2D eigenvalue weighted by molar-refractivity contribution is 0.0374. The number of carbonyl (C=O) groups excluding carboxylic acids is 2. The number of ether oxygens (including phenoxy) is 2. The molecule has 0 bridgehead atoms. The quantitative estimate of drug-likeness (QED) is 0.653. The fraction of sp³-hybridized carbons (Fsp3) is 0.476. The molecule has 1 saturated heterocycles.